The lowest BCUT2D eigenvalue weighted by Crippen LogP contribution is -2.42. The van der Waals surface area contributed by atoms with Crippen LogP contribution in [0.4, 0.5) is 14.9 Å². The molecule has 2 heterocycles. The number of nitriles is 1. The van der Waals surface area contributed by atoms with Crippen molar-refractivity contribution >= 4 is 22.7 Å². The average molecular weight is 493 g/mol. The number of nitrogens with two attached hydrogens (primary N) is 1. The molecule has 3 aromatic rings. The second kappa shape index (κ2) is 10.3. The zero-order valence-corrected chi connectivity index (χ0v) is 20.6. The molecule has 1 aliphatic heterocycles. The highest BCUT2D eigenvalue weighted by molar-refractivity contribution is 5.88. The third-order valence-corrected chi connectivity index (χ3v) is 5.86. The molecule has 4 rings (SSSR count). The van der Waals surface area contributed by atoms with Crippen LogP contribution in [0.15, 0.2) is 42.6 Å². The Labute approximate surface area is 209 Å². The van der Waals surface area contributed by atoms with Gasteiger partial charge in [0.15, 0.2) is 0 Å². The van der Waals surface area contributed by atoms with Crippen molar-refractivity contribution in [1.82, 2.24) is 9.88 Å². The summed E-state index contributed by atoms with van der Waals surface area (Å²) in [5.41, 5.74) is 5.97. The molecule has 1 saturated heterocycles. The van der Waals surface area contributed by atoms with Crippen LogP contribution in [-0.4, -0.2) is 41.3 Å². The third-order valence-electron chi connectivity index (χ3n) is 5.86. The van der Waals surface area contributed by atoms with Gasteiger partial charge in [-0.3, -0.25) is 4.98 Å². The molecule has 0 aliphatic carbocycles. The summed E-state index contributed by atoms with van der Waals surface area (Å²) in [6, 6.07) is 11.4. The first kappa shape index (κ1) is 25.0. The number of fused-ring (bicyclic) bond motifs is 1. The van der Waals surface area contributed by atoms with Gasteiger partial charge in [0, 0.05) is 36.8 Å². The molecule has 0 spiro atoms. The van der Waals surface area contributed by atoms with E-state index in [0.717, 1.165) is 12.8 Å². The molecule has 1 amide bonds. The van der Waals surface area contributed by atoms with Gasteiger partial charge in [0.1, 0.15) is 34.7 Å². The van der Waals surface area contributed by atoms with E-state index in [1.165, 1.54) is 12.1 Å². The normalized spacial score (nSPS) is 14.4. The smallest absolute Gasteiger partial charge is 0.410 e. The Hall–Kier alpha value is -4.06. The Balaban J connectivity index is 1.44. The minimum Gasteiger partial charge on any atom is -0.492 e. The van der Waals surface area contributed by atoms with Gasteiger partial charge in [0.25, 0.3) is 0 Å². The summed E-state index contributed by atoms with van der Waals surface area (Å²) in [6.07, 6.45) is 2.84. The van der Waals surface area contributed by atoms with Gasteiger partial charge >= 0.3 is 6.09 Å². The van der Waals surface area contributed by atoms with E-state index in [9.17, 15) is 14.4 Å². The minimum absolute atomic E-state index is 0.0333. The van der Waals surface area contributed by atoms with Crippen molar-refractivity contribution in [2.45, 2.75) is 39.2 Å². The number of piperidine rings is 1. The molecular weight excluding hydrogens is 463 g/mol. The molecule has 8 nitrogen and oxygen atoms in total. The SMILES string of the molecule is CC(C)(C)OC(=O)N1CCC(COc2cc3nccc(Oc4ccc(N)c(F)c4)c3cc2C#N)CC1. The number of nitrogens with zero attached hydrogens (tertiary/aromatic N) is 3. The van der Waals surface area contributed by atoms with E-state index in [-0.39, 0.29) is 23.4 Å². The van der Waals surface area contributed by atoms with E-state index in [1.54, 1.807) is 35.4 Å². The van der Waals surface area contributed by atoms with Crippen LogP contribution < -0.4 is 15.2 Å². The first-order chi connectivity index (χ1) is 17.1. The molecule has 36 heavy (non-hydrogen) atoms. The van der Waals surface area contributed by atoms with E-state index in [2.05, 4.69) is 11.1 Å². The molecule has 2 N–H and O–H groups in total. The Morgan fingerprint density at radius 1 is 1.19 bits per heavy atom. The molecular formula is C27H29FN4O4. The number of hydrogen-bond donors (Lipinski definition) is 1. The quantitative estimate of drug-likeness (QED) is 0.459. The Morgan fingerprint density at radius 3 is 2.61 bits per heavy atom. The third kappa shape index (κ3) is 5.95. The molecule has 9 heteroatoms. The van der Waals surface area contributed by atoms with Crippen molar-refractivity contribution < 1.29 is 23.4 Å². The lowest BCUT2D eigenvalue weighted by atomic mass is 9.98. The highest BCUT2D eigenvalue weighted by atomic mass is 19.1. The van der Waals surface area contributed by atoms with Crippen LogP contribution >= 0.6 is 0 Å². The number of pyridine rings is 1. The highest BCUT2D eigenvalue weighted by Crippen LogP contribution is 2.34. The second-order valence-electron chi connectivity index (χ2n) is 9.79. The van der Waals surface area contributed by atoms with Crippen LogP contribution in [0.1, 0.15) is 39.2 Å². The fraction of sp³-hybridized carbons (Fsp3) is 0.370. The number of carbonyl (C=O) groups is 1. The summed E-state index contributed by atoms with van der Waals surface area (Å²) in [7, 11) is 0. The largest absolute Gasteiger partial charge is 0.492 e. The van der Waals surface area contributed by atoms with E-state index < -0.39 is 11.4 Å². The summed E-state index contributed by atoms with van der Waals surface area (Å²) in [5, 5.41) is 10.3. The molecule has 188 valence electrons. The van der Waals surface area contributed by atoms with Crippen molar-refractivity contribution in [1.29, 1.82) is 5.26 Å². The van der Waals surface area contributed by atoms with Crippen LogP contribution in [-0.2, 0) is 4.74 Å². The van der Waals surface area contributed by atoms with Crippen molar-refractivity contribution in [3.05, 3.63) is 54.0 Å². The monoisotopic (exact) mass is 492 g/mol. The van der Waals surface area contributed by atoms with Crippen molar-refractivity contribution in [3.63, 3.8) is 0 Å². The summed E-state index contributed by atoms with van der Waals surface area (Å²) in [5.74, 6) is 0.820. The van der Waals surface area contributed by atoms with Crippen LogP contribution in [0.2, 0.25) is 0 Å². The fourth-order valence-electron chi connectivity index (χ4n) is 3.96. The molecule has 0 saturated carbocycles. The van der Waals surface area contributed by atoms with Gasteiger partial charge in [0.05, 0.1) is 23.4 Å². The number of nitrogen functional groups attached to an aromatic ring is 1. The van der Waals surface area contributed by atoms with E-state index >= 15 is 0 Å². The van der Waals surface area contributed by atoms with Crippen LogP contribution in [0, 0.1) is 23.1 Å². The van der Waals surface area contributed by atoms with Gasteiger partial charge < -0.3 is 24.8 Å². The van der Waals surface area contributed by atoms with Gasteiger partial charge in [-0.15, -0.1) is 0 Å². The van der Waals surface area contributed by atoms with Gasteiger partial charge in [-0.05, 0) is 63.8 Å². The van der Waals surface area contributed by atoms with E-state index in [1.807, 2.05) is 20.8 Å². The van der Waals surface area contributed by atoms with Crippen LogP contribution in [0.25, 0.3) is 10.9 Å². The summed E-state index contributed by atoms with van der Waals surface area (Å²) in [6.45, 7) is 7.17. The van der Waals surface area contributed by atoms with E-state index in [0.29, 0.717) is 47.7 Å². The second-order valence-corrected chi connectivity index (χ2v) is 9.79. The van der Waals surface area contributed by atoms with Crippen molar-refractivity contribution in [3.8, 4) is 23.3 Å². The lowest BCUT2D eigenvalue weighted by Gasteiger charge is -2.33. The number of hydrogen-bond acceptors (Lipinski definition) is 7. The maximum Gasteiger partial charge on any atom is 0.410 e. The first-order valence-corrected chi connectivity index (χ1v) is 11.8. The number of ether oxygens (including phenoxy) is 3. The van der Waals surface area contributed by atoms with Crippen molar-refractivity contribution in [2.24, 2.45) is 5.92 Å². The summed E-state index contributed by atoms with van der Waals surface area (Å²) in [4.78, 5) is 18.4. The zero-order valence-electron chi connectivity index (χ0n) is 20.6. The van der Waals surface area contributed by atoms with Gasteiger partial charge in [-0.2, -0.15) is 5.26 Å². The standard InChI is InChI=1S/C27H29FN4O4/c1-27(2,3)36-26(33)32-10-7-17(8-11-32)16-34-25-14-23-20(12-18(25)15-29)24(6-9-31-23)35-19-4-5-22(30)21(28)13-19/h4-6,9,12-14,17H,7-8,10-11,16,30H2,1-3H3. The number of likely N-dealkylation sites (tertiary alicyclic amines) is 1. The molecule has 1 aromatic heterocycles. The highest BCUT2D eigenvalue weighted by Gasteiger charge is 2.27. The Bertz CT molecular complexity index is 1310. The maximum atomic E-state index is 13.8. The molecule has 0 atom stereocenters. The number of anilines is 1. The Morgan fingerprint density at radius 2 is 1.94 bits per heavy atom. The molecule has 1 aliphatic rings. The number of amides is 1. The molecule has 0 radical (unpaired) electrons. The number of rotatable bonds is 5. The molecule has 0 bridgehead atoms. The number of benzene rings is 2. The molecule has 2 aromatic carbocycles. The van der Waals surface area contributed by atoms with Gasteiger partial charge in [-0.25, -0.2) is 9.18 Å². The number of halogens is 1. The topological polar surface area (TPSA) is 111 Å². The predicted molar refractivity (Wildman–Crippen MR) is 133 cm³/mol. The zero-order chi connectivity index (χ0) is 25.9. The number of aromatic nitrogens is 1. The summed E-state index contributed by atoms with van der Waals surface area (Å²) >= 11 is 0. The minimum atomic E-state index is -0.573. The van der Waals surface area contributed by atoms with Crippen LogP contribution in [0.3, 0.4) is 0 Å². The maximum absolute atomic E-state index is 13.8. The average Bonchev–Trinajstić information content (AvgIpc) is 2.84. The first-order valence-electron chi connectivity index (χ1n) is 11.8. The van der Waals surface area contributed by atoms with Gasteiger partial charge in [0.2, 0.25) is 0 Å². The van der Waals surface area contributed by atoms with Gasteiger partial charge in [-0.1, -0.05) is 0 Å². The van der Waals surface area contributed by atoms with E-state index in [4.69, 9.17) is 19.9 Å². The fourth-order valence-corrected chi connectivity index (χ4v) is 3.96. The molecule has 0 unspecified atom stereocenters. The van der Waals surface area contributed by atoms with Crippen LogP contribution in [0.5, 0.6) is 17.2 Å². The number of carbonyl (C=O) groups excluding carboxylic acids is 1. The Kier molecular flexibility index (Phi) is 7.15. The predicted octanol–water partition coefficient (Wildman–Crippen LogP) is 5.65. The summed E-state index contributed by atoms with van der Waals surface area (Å²) < 4.78 is 31.2. The van der Waals surface area contributed by atoms with Crippen molar-refractivity contribution in [2.75, 3.05) is 25.4 Å². The lowest BCUT2D eigenvalue weighted by molar-refractivity contribution is 0.0165. The molecule has 1 fully saturated rings.